The van der Waals surface area contributed by atoms with Crippen LogP contribution in [0.25, 0.3) is 0 Å². The Hall–Kier alpha value is -1.84. The summed E-state index contributed by atoms with van der Waals surface area (Å²) in [7, 11) is 0. The van der Waals surface area contributed by atoms with E-state index in [1.165, 1.54) is 0 Å². The second-order valence-corrected chi connectivity index (χ2v) is 5.47. The van der Waals surface area contributed by atoms with Gasteiger partial charge < -0.3 is 9.74 Å². The topological polar surface area (TPSA) is 41.9 Å². The van der Waals surface area contributed by atoms with Crippen molar-refractivity contribution >= 4 is 11.6 Å². The van der Waals surface area contributed by atoms with E-state index in [9.17, 15) is 4.79 Å². The monoisotopic (exact) mass is 256 g/mol. The predicted molar refractivity (Wildman–Crippen MR) is 70.6 cm³/mol. The van der Waals surface area contributed by atoms with Gasteiger partial charge in [-0.05, 0) is 18.9 Å². The summed E-state index contributed by atoms with van der Waals surface area (Å²) < 4.78 is 0. The maximum atomic E-state index is 12.3. The molecule has 98 valence electrons. The molecule has 1 amide bonds. The fourth-order valence-corrected chi connectivity index (χ4v) is 3.85. The van der Waals surface area contributed by atoms with Crippen LogP contribution in [0.5, 0.6) is 0 Å². The predicted octanol–water partition coefficient (Wildman–Crippen LogP) is 1.66. The average Bonchev–Trinajstić information content (AvgIpc) is 3.09. The zero-order valence-corrected chi connectivity index (χ0v) is 10.8. The first-order valence-corrected chi connectivity index (χ1v) is 6.91. The molecule has 2 aliphatic heterocycles. The maximum absolute atomic E-state index is 12.3. The van der Waals surface area contributed by atoms with Crippen molar-refractivity contribution in [3.05, 3.63) is 35.9 Å². The van der Waals surface area contributed by atoms with Crippen LogP contribution in [0.3, 0.4) is 0 Å². The van der Waals surface area contributed by atoms with Gasteiger partial charge >= 0.3 is 0 Å². The molecule has 4 atom stereocenters. The molecule has 1 aliphatic carbocycles. The molecule has 0 aromatic heterocycles. The Bertz CT molecular complexity index is 555. The third-order valence-electron chi connectivity index (χ3n) is 4.66. The number of benzene rings is 1. The fourth-order valence-electron chi connectivity index (χ4n) is 3.85. The van der Waals surface area contributed by atoms with E-state index in [2.05, 4.69) is 5.16 Å². The summed E-state index contributed by atoms with van der Waals surface area (Å²) in [6, 6.07) is 10.3. The standard InChI is InChI=1S/C15H16N2O2/c1-2-17-11-8-10(15(17)18)12-13(16-19-14(11)12)9-6-4-3-5-7-9/h3-7,10-12,14H,2,8H2,1H3. The van der Waals surface area contributed by atoms with Crippen LogP contribution in [0.4, 0.5) is 0 Å². The molecule has 0 N–H and O–H groups in total. The van der Waals surface area contributed by atoms with Gasteiger partial charge in [-0.1, -0.05) is 35.5 Å². The highest BCUT2D eigenvalue weighted by Crippen LogP contribution is 2.48. The molecular formula is C15H16N2O2. The molecule has 19 heavy (non-hydrogen) atoms. The van der Waals surface area contributed by atoms with Gasteiger partial charge in [0.05, 0.1) is 23.6 Å². The highest BCUT2D eigenvalue weighted by molar-refractivity contribution is 6.06. The number of fused-ring (bicyclic) bond motifs is 5. The summed E-state index contributed by atoms with van der Waals surface area (Å²) >= 11 is 0. The first-order chi connectivity index (χ1) is 9.31. The van der Waals surface area contributed by atoms with Crippen molar-refractivity contribution in [2.45, 2.75) is 25.5 Å². The third kappa shape index (κ3) is 1.34. The number of rotatable bonds is 2. The van der Waals surface area contributed by atoms with E-state index < -0.39 is 0 Å². The second kappa shape index (κ2) is 3.83. The number of piperidine rings is 1. The van der Waals surface area contributed by atoms with Gasteiger partial charge in [-0.25, -0.2) is 0 Å². The minimum atomic E-state index is 0.0661. The number of nitrogens with zero attached hydrogens (tertiary/aromatic N) is 2. The Morgan fingerprint density at radius 3 is 2.89 bits per heavy atom. The molecule has 4 heteroatoms. The number of likely N-dealkylation sites (N-methyl/N-ethyl adjacent to an activating group) is 1. The number of hydrogen-bond donors (Lipinski definition) is 0. The van der Waals surface area contributed by atoms with Crippen LogP contribution < -0.4 is 0 Å². The van der Waals surface area contributed by atoms with E-state index in [0.29, 0.717) is 0 Å². The van der Waals surface area contributed by atoms with Gasteiger partial charge in [0.1, 0.15) is 0 Å². The highest BCUT2D eigenvalue weighted by Gasteiger charge is 2.61. The lowest BCUT2D eigenvalue weighted by Gasteiger charge is -2.32. The van der Waals surface area contributed by atoms with E-state index in [1.807, 2.05) is 42.2 Å². The van der Waals surface area contributed by atoms with E-state index >= 15 is 0 Å². The van der Waals surface area contributed by atoms with Crippen molar-refractivity contribution in [2.75, 3.05) is 6.54 Å². The number of oxime groups is 1. The molecule has 1 saturated carbocycles. The number of amides is 1. The van der Waals surface area contributed by atoms with E-state index in [4.69, 9.17) is 4.84 Å². The molecule has 4 unspecified atom stereocenters. The van der Waals surface area contributed by atoms with Gasteiger partial charge in [0.2, 0.25) is 5.91 Å². The molecule has 2 bridgehead atoms. The first kappa shape index (κ1) is 11.0. The third-order valence-corrected chi connectivity index (χ3v) is 4.66. The minimum Gasteiger partial charge on any atom is -0.389 e. The Kier molecular flexibility index (Phi) is 2.22. The molecule has 1 aromatic carbocycles. The van der Waals surface area contributed by atoms with Gasteiger partial charge in [-0.15, -0.1) is 0 Å². The number of hydrogen-bond acceptors (Lipinski definition) is 3. The quantitative estimate of drug-likeness (QED) is 0.807. The van der Waals surface area contributed by atoms with Crippen LogP contribution >= 0.6 is 0 Å². The Morgan fingerprint density at radius 2 is 2.16 bits per heavy atom. The van der Waals surface area contributed by atoms with E-state index in [1.54, 1.807) is 0 Å². The van der Waals surface area contributed by atoms with E-state index in [0.717, 1.165) is 24.2 Å². The minimum absolute atomic E-state index is 0.0661. The summed E-state index contributed by atoms with van der Waals surface area (Å²) in [5.74, 6) is 0.502. The van der Waals surface area contributed by atoms with Crippen molar-refractivity contribution in [2.24, 2.45) is 17.0 Å². The zero-order chi connectivity index (χ0) is 13.0. The Morgan fingerprint density at radius 1 is 1.37 bits per heavy atom. The summed E-state index contributed by atoms with van der Waals surface area (Å²) in [5, 5.41) is 4.27. The van der Waals surface area contributed by atoms with Gasteiger partial charge in [0.25, 0.3) is 0 Å². The number of carbonyl (C=O) groups is 1. The van der Waals surface area contributed by atoms with Gasteiger partial charge in [0, 0.05) is 6.54 Å². The zero-order valence-electron chi connectivity index (χ0n) is 10.8. The maximum Gasteiger partial charge on any atom is 0.226 e. The van der Waals surface area contributed by atoms with Crippen molar-refractivity contribution in [3.8, 4) is 0 Å². The van der Waals surface area contributed by atoms with Crippen LogP contribution in [0.1, 0.15) is 18.9 Å². The molecule has 2 heterocycles. The molecule has 4 nitrogen and oxygen atoms in total. The lowest BCUT2D eigenvalue weighted by molar-refractivity contribution is -0.139. The molecule has 3 aliphatic rings. The van der Waals surface area contributed by atoms with Crippen LogP contribution in [0, 0.1) is 11.8 Å². The Labute approximate surface area is 112 Å². The molecule has 0 radical (unpaired) electrons. The summed E-state index contributed by atoms with van der Waals surface area (Å²) in [6.45, 7) is 2.80. The van der Waals surface area contributed by atoms with Crippen LogP contribution in [0.15, 0.2) is 35.5 Å². The SMILES string of the molecule is CCN1C(=O)C2CC1C1ON=C(c3ccccc3)C21. The average molecular weight is 256 g/mol. The van der Waals surface area contributed by atoms with Gasteiger partial charge in [-0.3, -0.25) is 4.79 Å². The number of carbonyl (C=O) groups excluding carboxylic acids is 1. The van der Waals surface area contributed by atoms with Crippen LogP contribution in [-0.4, -0.2) is 35.2 Å². The molecule has 1 aromatic rings. The highest BCUT2D eigenvalue weighted by atomic mass is 16.6. The van der Waals surface area contributed by atoms with Crippen LogP contribution in [-0.2, 0) is 9.63 Å². The summed E-state index contributed by atoms with van der Waals surface area (Å²) in [4.78, 5) is 19.9. The number of likely N-dealkylation sites (tertiary alicyclic amines) is 1. The molecule has 1 saturated heterocycles. The Balaban J connectivity index is 1.69. The largest absolute Gasteiger partial charge is 0.389 e. The van der Waals surface area contributed by atoms with Gasteiger partial charge in [-0.2, -0.15) is 0 Å². The molecular weight excluding hydrogens is 240 g/mol. The molecule has 4 rings (SSSR count). The van der Waals surface area contributed by atoms with Crippen molar-refractivity contribution in [1.82, 2.24) is 4.90 Å². The van der Waals surface area contributed by atoms with Crippen molar-refractivity contribution in [3.63, 3.8) is 0 Å². The summed E-state index contributed by atoms with van der Waals surface area (Å²) in [5.41, 5.74) is 2.04. The lowest BCUT2D eigenvalue weighted by Crippen LogP contribution is -2.49. The van der Waals surface area contributed by atoms with Crippen molar-refractivity contribution < 1.29 is 9.63 Å². The normalized spacial score (nSPS) is 35.3. The smallest absolute Gasteiger partial charge is 0.226 e. The second-order valence-electron chi connectivity index (χ2n) is 5.47. The van der Waals surface area contributed by atoms with Gasteiger partial charge in [0.15, 0.2) is 6.10 Å². The summed E-state index contributed by atoms with van der Waals surface area (Å²) in [6.07, 6.45) is 0.992. The fraction of sp³-hybridized carbons (Fsp3) is 0.467. The first-order valence-electron chi connectivity index (χ1n) is 6.91. The molecule has 2 fully saturated rings. The van der Waals surface area contributed by atoms with E-state index in [-0.39, 0.29) is 29.9 Å². The lowest BCUT2D eigenvalue weighted by atomic mass is 9.85. The van der Waals surface area contributed by atoms with Crippen molar-refractivity contribution in [1.29, 1.82) is 0 Å². The van der Waals surface area contributed by atoms with Crippen LogP contribution in [0.2, 0.25) is 0 Å². The molecule has 0 spiro atoms.